The van der Waals surface area contributed by atoms with E-state index in [0.29, 0.717) is 16.3 Å². The highest BCUT2D eigenvalue weighted by molar-refractivity contribution is 7.13. The summed E-state index contributed by atoms with van der Waals surface area (Å²) in [7, 11) is 1.46. The molecular weight excluding hydrogens is 326 g/mol. The molecule has 0 aliphatic heterocycles. The van der Waals surface area contributed by atoms with Gasteiger partial charge in [-0.2, -0.15) is 0 Å². The quantitative estimate of drug-likeness (QED) is 0.870. The minimum absolute atomic E-state index is 0.0000244. The number of thiazole rings is 1. The lowest BCUT2D eigenvalue weighted by Gasteiger charge is -2.13. The molecule has 2 N–H and O–H groups in total. The average Bonchev–Trinajstić information content (AvgIpc) is 2.99. The molecule has 0 aliphatic carbocycles. The number of nitrogens with zero attached hydrogens (tertiary/aromatic N) is 1. The number of ether oxygens (including phenoxy) is 1. The summed E-state index contributed by atoms with van der Waals surface area (Å²) in [6.45, 7) is 6.18. The molecule has 1 aromatic heterocycles. The van der Waals surface area contributed by atoms with E-state index >= 15 is 0 Å². The van der Waals surface area contributed by atoms with Crippen LogP contribution in [0, 0.1) is 0 Å². The molecular formula is C17H21N3O3S. The van der Waals surface area contributed by atoms with Gasteiger partial charge in [0.2, 0.25) is 5.91 Å². The maximum absolute atomic E-state index is 12.3. The maximum atomic E-state index is 12.3. The summed E-state index contributed by atoms with van der Waals surface area (Å²) in [5.41, 5.74) is 1.21. The molecule has 0 aliphatic rings. The van der Waals surface area contributed by atoms with E-state index in [1.165, 1.54) is 18.4 Å². The predicted molar refractivity (Wildman–Crippen MR) is 95.7 cm³/mol. The minimum Gasteiger partial charge on any atom is -0.375 e. The van der Waals surface area contributed by atoms with Crippen LogP contribution in [0.15, 0.2) is 30.5 Å². The molecule has 1 heterocycles. The zero-order valence-electron chi connectivity index (χ0n) is 14.2. The van der Waals surface area contributed by atoms with E-state index in [-0.39, 0.29) is 23.8 Å². The van der Waals surface area contributed by atoms with Gasteiger partial charge in [-0.15, -0.1) is 11.3 Å². The van der Waals surface area contributed by atoms with Gasteiger partial charge in [0.15, 0.2) is 0 Å². The zero-order chi connectivity index (χ0) is 17.7. The Labute approximate surface area is 145 Å². The smallest absolute Gasteiger partial charge is 0.267 e. The van der Waals surface area contributed by atoms with E-state index < -0.39 is 0 Å². The van der Waals surface area contributed by atoms with Gasteiger partial charge in [0.25, 0.3) is 5.91 Å². The van der Waals surface area contributed by atoms with Crippen molar-refractivity contribution in [2.75, 3.05) is 24.4 Å². The van der Waals surface area contributed by atoms with Crippen molar-refractivity contribution in [2.24, 2.45) is 0 Å². The van der Waals surface area contributed by atoms with E-state index in [4.69, 9.17) is 4.74 Å². The van der Waals surface area contributed by atoms with Crippen LogP contribution >= 0.6 is 11.3 Å². The molecule has 2 rings (SSSR count). The van der Waals surface area contributed by atoms with Gasteiger partial charge in [-0.1, -0.05) is 20.8 Å². The molecule has 0 unspecified atom stereocenters. The van der Waals surface area contributed by atoms with Crippen molar-refractivity contribution in [1.82, 2.24) is 4.98 Å². The van der Waals surface area contributed by atoms with Crippen molar-refractivity contribution in [3.8, 4) is 0 Å². The second-order valence-electron chi connectivity index (χ2n) is 6.29. The lowest BCUT2D eigenvalue weighted by Crippen LogP contribution is -2.17. The van der Waals surface area contributed by atoms with Gasteiger partial charge < -0.3 is 15.4 Å². The fourth-order valence-corrected chi connectivity index (χ4v) is 2.75. The molecule has 0 spiro atoms. The second kappa shape index (κ2) is 7.55. The van der Waals surface area contributed by atoms with Crippen molar-refractivity contribution in [3.63, 3.8) is 0 Å². The lowest BCUT2D eigenvalue weighted by atomic mass is 9.98. The van der Waals surface area contributed by atoms with Crippen LogP contribution in [0.1, 0.15) is 35.5 Å². The molecule has 2 amide bonds. The SMILES string of the molecule is COCC(=O)Nc1ccc(NC(=O)c2cnc(C(C)(C)C)s2)cc1. The number of methoxy groups -OCH3 is 1. The summed E-state index contributed by atoms with van der Waals surface area (Å²) in [5.74, 6) is -0.423. The molecule has 0 saturated carbocycles. The van der Waals surface area contributed by atoms with Gasteiger partial charge >= 0.3 is 0 Å². The number of aromatic nitrogens is 1. The summed E-state index contributed by atoms with van der Waals surface area (Å²) in [6, 6.07) is 6.89. The molecule has 0 saturated heterocycles. The number of rotatable bonds is 5. The third kappa shape index (κ3) is 4.87. The number of amides is 2. The third-order valence-electron chi connectivity index (χ3n) is 3.07. The molecule has 0 fully saturated rings. The van der Waals surface area contributed by atoms with Gasteiger partial charge in [0.05, 0.1) is 11.2 Å². The Balaban J connectivity index is 1.99. The Bertz CT molecular complexity index is 717. The largest absolute Gasteiger partial charge is 0.375 e. The topological polar surface area (TPSA) is 80.3 Å². The summed E-state index contributed by atoms with van der Waals surface area (Å²) in [4.78, 5) is 28.6. The van der Waals surface area contributed by atoms with Crippen LogP contribution in [0.5, 0.6) is 0 Å². The maximum Gasteiger partial charge on any atom is 0.267 e. The van der Waals surface area contributed by atoms with Crippen LogP contribution in [0.3, 0.4) is 0 Å². The standard InChI is InChI=1S/C17H21N3O3S/c1-17(2,3)16-18-9-13(24-16)15(22)20-12-7-5-11(6-8-12)19-14(21)10-23-4/h5-9H,10H2,1-4H3,(H,19,21)(H,20,22). The second-order valence-corrected chi connectivity index (χ2v) is 7.32. The van der Waals surface area contributed by atoms with Crippen molar-refractivity contribution in [1.29, 1.82) is 0 Å². The first-order chi connectivity index (χ1) is 11.3. The molecule has 6 nitrogen and oxygen atoms in total. The fraction of sp³-hybridized carbons (Fsp3) is 0.353. The molecule has 0 radical (unpaired) electrons. The number of hydrogen-bond donors (Lipinski definition) is 2. The first kappa shape index (κ1) is 18.1. The first-order valence-electron chi connectivity index (χ1n) is 7.46. The number of anilines is 2. The normalized spacial score (nSPS) is 11.2. The number of benzene rings is 1. The van der Waals surface area contributed by atoms with Crippen molar-refractivity contribution >= 4 is 34.5 Å². The van der Waals surface area contributed by atoms with Gasteiger partial charge in [0.1, 0.15) is 11.5 Å². The molecule has 128 valence electrons. The molecule has 7 heteroatoms. The van der Waals surface area contributed by atoms with Gasteiger partial charge in [-0.05, 0) is 24.3 Å². The Morgan fingerprint density at radius 3 is 2.21 bits per heavy atom. The highest BCUT2D eigenvalue weighted by atomic mass is 32.1. The highest BCUT2D eigenvalue weighted by Crippen LogP contribution is 2.27. The zero-order valence-corrected chi connectivity index (χ0v) is 15.0. The Morgan fingerprint density at radius 2 is 1.71 bits per heavy atom. The van der Waals surface area contributed by atoms with E-state index in [1.807, 2.05) is 0 Å². The third-order valence-corrected chi connectivity index (χ3v) is 4.49. The van der Waals surface area contributed by atoms with Crippen LogP contribution in [0.4, 0.5) is 11.4 Å². The van der Waals surface area contributed by atoms with Gasteiger partial charge in [-0.25, -0.2) is 4.98 Å². The first-order valence-corrected chi connectivity index (χ1v) is 8.28. The highest BCUT2D eigenvalue weighted by Gasteiger charge is 2.20. The number of hydrogen-bond acceptors (Lipinski definition) is 5. The summed E-state index contributed by atoms with van der Waals surface area (Å²) < 4.78 is 4.75. The monoisotopic (exact) mass is 347 g/mol. The Kier molecular flexibility index (Phi) is 5.69. The number of carbonyl (C=O) groups excluding carboxylic acids is 2. The van der Waals surface area contributed by atoms with Crippen LogP contribution in [-0.2, 0) is 14.9 Å². The van der Waals surface area contributed by atoms with Crippen molar-refractivity contribution in [2.45, 2.75) is 26.2 Å². The van der Waals surface area contributed by atoms with Crippen LogP contribution < -0.4 is 10.6 Å². The molecule has 24 heavy (non-hydrogen) atoms. The van der Waals surface area contributed by atoms with E-state index in [1.54, 1.807) is 30.5 Å². The van der Waals surface area contributed by atoms with Gasteiger partial charge in [0, 0.05) is 23.9 Å². The number of carbonyl (C=O) groups is 2. The van der Waals surface area contributed by atoms with Crippen molar-refractivity contribution < 1.29 is 14.3 Å². The summed E-state index contributed by atoms with van der Waals surface area (Å²) >= 11 is 1.39. The van der Waals surface area contributed by atoms with Crippen LogP contribution in [0.25, 0.3) is 0 Å². The van der Waals surface area contributed by atoms with Crippen molar-refractivity contribution in [3.05, 3.63) is 40.3 Å². The molecule has 1 aromatic carbocycles. The summed E-state index contributed by atoms with van der Waals surface area (Å²) in [5, 5.41) is 6.43. The Morgan fingerprint density at radius 1 is 1.12 bits per heavy atom. The molecule has 0 atom stereocenters. The Hall–Kier alpha value is -2.25. The lowest BCUT2D eigenvalue weighted by molar-refractivity contribution is -0.119. The fourth-order valence-electron chi connectivity index (χ4n) is 1.88. The average molecular weight is 347 g/mol. The molecule has 0 bridgehead atoms. The minimum atomic E-state index is -0.228. The number of nitrogens with one attached hydrogen (secondary N) is 2. The predicted octanol–water partition coefficient (Wildman–Crippen LogP) is 3.28. The van der Waals surface area contributed by atoms with E-state index in [9.17, 15) is 9.59 Å². The summed E-state index contributed by atoms with van der Waals surface area (Å²) in [6.07, 6.45) is 1.60. The molecule has 2 aromatic rings. The van der Waals surface area contributed by atoms with E-state index in [2.05, 4.69) is 36.4 Å². The van der Waals surface area contributed by atoms with E-state index in [0.717, 1.165) is 5.01 Å². The van der Waals surface area contributed by atoms with Crippen LogP contribution in [-0.4, -0.2) is 30.5 Å². The van der Waals surface area contributed by atoms with Crippen LogP contribution in [0.2, 0.25) is 0 Å². The van der Waals surface area contributed by atoms with Gasteiger partial charge in [-0.3, -0.25) is 9.59 Å².